The number of anilines is 1. The van der Waals surface area contributed by atoms with Crippen molar-refractivity contribution in [1.82, 2.24) is 24.5 Å². The first kappa shape index (κ1) is 21.7. The summed E-state index contributed by atoms with van der Waals surface area (Å²) in [5.41, 5.74) is 3.72. The standard InChI is InChI=1S/C24H22Cl2N6O/c1-16-20(13-17-5-3-2-4-6-17)22(32-24(29-16)27-15-28-32)30-9-11-31(12-10-30)23(33)19-8-7-18(25)14-21(19)26/h2-8,14-15H,9-13H2,1H3. The third kappa shape index (κ3) is 4.26. The number of aryl methyl sites for hydroxylation is 1. The van der Waals surface area contributed by atoms with E-state index >= 15 is 0 Å². The van der Waals surface area contributed by atoms with E-state index in [-0.39, 0.29) is 5.91 Å². The van der Waals surface area contributed by atoms with E-state index < -0.39 is 0 Å². The van der Waals surface area contributed by atoms with Crippen LogP contribution in [0.1, 0.15) is 27.2 Å². The molecule has 0 radical (unpaired) electrons. The number of rotatable bonds is 4. The van der Waals surface area contributed by atoms with Crippen LogP contribution in [0.25, 0.3) is 5.78 Å². The fourth-order valence-electron chi connectivity index (χ4n) is 4.25. The molecular weight excluding hydrogens is 459 g/mol. The second kappa shape index (κ2) is 9.00. The van der Waals surface area contributed by atoms with Crippen LogP contribution in [0.2, 0.25) is 10.0 Å². The molecule has 3 heterocycles. The number of halogens is 2. The van der Waals surface area contributed by atoms with Crippen LogP contribution in [-0.4, -0.2) is 56.6 Å². The molecule has 2 aromatic heterocycles. The molecule has 5 rings (SSSR count). The third-order valence-electron chi connectivity index (χ3n) is 5.96. The lowest BCUT2D eigenvalue weighted by Crippen LogP contribution is -2.49. The fraction of sp³-hybridized carbons (Fsp3) is 0.250. The first-order valence-electron chi connectivity index (χ1n) is 10.7. The Labute approximate surface area is 201 Å². The van der Waals surface area contributed by atoms with Crippen LogP contribution >= 0.6 is 23.2 Å². The Morgan fingerprint density at radius 1 is 1.03 bits per heavy atom. The van der Waals surface area contributed by atoms with Gasteiger partial charge in [0.2, 0.25) is 0 Å². The van der Waals surface area contributed by atoms with Crippen molar-refractivity contribution < 1.29 is 4.79 Å². The molecule has 0 unspecified atom stereocenters. The van der Waals surface area contributed by atoms with E-state index in [1.54, 1.807) is 22.7 Å². The van der Waals surface area contributed by atoms with Crippen molar-refractivity contribution in [1.29, 1.82) is 0 Å². The molecule has 4 aromatic rings. The third-order valence-corrected chi connectivity index (χ3v) is 6.50. The van der Waals surface area contributed by atoms with Crippen LogP contribution in [0.4, 0.5) is 5.82 Å². The van der Waals surface area contributed by atoms with E-state index in [9.17, 15) is 4.79 Å². The maximum atomic E-state index is 13.1. The molecule has 0 bridgehead atoms. The van der Waals surface area contributed by atoms with E-state index in [0.717, 1.165) is 23.5 Å². The largest absolute Gasteiger partial charge is 0.353 e. The number of carbonyl (C=O) groups excluding carboxylic acids is 1. The first-order chi connectivity index (χ1) is 16.0. The molecule has 2 aromatic carbocycles. The van der Waals surface area contributed by atoms with Crippen molar-refractivity contribution in [2.24, 2.45) is 0 Å². The molecule has 0 aliphatic carbocycles. The van der Waals surface area contributed by atoms with Crippen LogP contribution in [0.5, 0.6) is 0 Å². The van der Waals surface area contributed by atoms with Gasteiger partial charge in [-0.25, -0.2) is 4.98 Å². The van der Waals surface area contributed by atoms with Crippen LogP contribution in [-0.2, 0) is 6.42 Å². The highest BCUT2D eigenvalue weighted by atomic mass is 35.5. The van der Waals surface area contributed by atoms with Crippen molar-refractivity contribution in [3.8, 4) is 0 Å². The van der Waals surface area contributed by atoms with Crippen LogP contribution < -0.4 is 4.90 Å². The van der Waals surface area contributed by atoms with Crippen molar-refractivity contribution in [2.45, 2.75) is 13.3 Å². The van der Waals surface area contributed by atoms with Gasteiger partial charge >= 0.3 is 0 Å². The summed E-state index contributed by atoms with van der Waals surface area (Å²) in [5, 5.41) is 5.33. The van der Waals surface area contributed by atoms with Crippen LogP contribution in [0.3, 0.4) is 0 Å². The Bertz CT molecular complexity index is 1320. The number of hydrogen-bond acceptors (Lipinski definition) is 5. The lowest BCUT2D eigenvalue weighted by atomic mass is 10.0. The minimum absolute atomic E-state index is 0.0855. The second-order valence-electron chi connectivity index (χ2n) is 8.04. The van der Waals surface area contributed by atoms with E-state index in [1.807, 2.05) is 30.0 Å². The summed E-state index contributed by atoms with van der Waals surface area (Å²) in [5.74, 6) is 1.47. The normalized spacial score (nSPS) is 14.2. The smallest absolute Gasteiger partial charge is 0.255 e. The van der Waals surface area contributed by atoms with Gasteiger partial charge in [-0.15, -0.1) is 0 Å². The molecule has 168 valence electrons. The number of carbonyl (C=O) groups is 1. The molecule has 1 fully saturated rings. The molecule has 0 N–H and O–H groups in total. The molecule has 0 saturated carbocycles. The minimum Gasteiger partial charge on any atom is -0.353 e. The molecular formula is C24H22Cl2N6O. The zero-order chi connectivity index (χ0) is 22.9. The van der Waals surface area contributed by atoms with Gasteiger partial charge in [-0.1, -0.05) is 53.5 Å². The molecule has 0 spiro atoms. The van der Waals surface area contributed by atoms with Gasteiger partial charge in [0.15, 0.2) is 0 Å². The maximum absolute atomic E-state index is 13.1. The average molecular weight is 481 g/mol. The Kier molecular flexibility index (Phi) is 5.91. The highest BCUT2D eigenvalue weighted by Crippen LogP contribution is 2.28. The SMILES string of the molecule is Cc1nc2ncnn2c(N2CCN(C(=O)c3ccc(Cl)cc3Cl)CC2)c1Cc1ccccc1. The molecule has 7 nitrogen and oxygen atoms in total. The number of nitrogens with zero attached hydrogens (tertiary/aromatic N) is 6. The summed E-state index contributed by atoms with van der Waals surface area (Å²) in [6.07, 6.45) is 2.27. The topological polar surface area (TPSA) is 66.6 Å². The summed E-state index contributed by atoms with van der Waals surface area (Å²) in [6, 6.07) is 15.3. The molecule has 1 aliphatic heterocycles. The lowest BCUT2D eigenvalue weighted by Gasteiger charge is -2.37. The predicted molar refractivity (Wildman–Crippen MR) is 129 cm³/mol. The van der Waals surface area contributed by atoms with Crippen molar-refractivity contribution in [3.63, 3.8) is 0 Å². The number of amides is 1. The number of piperazine rings is 1. The Morgan fingerprint density at radius 2 is 1.79 bits per heavy atom. The van der Waals surface area contributed by atoms with Crippen molar-refractivity contribution >= 4 is 40.7 Å². The number of benzene rings is 2. The van der Waals surface area contributed by atoms with Crippen LogP contribution in [0, 0.1) is 6.92 Å². The summed E-state index contributed by atoms with van der Waals surface area (Å²) in [4.78, 5) is 26.1. The predicted octanol–water partition coefficient (Wildman–Crippen LogP) is 4.29. The molecule has 9 heteroatoms. The number of hydrogen-bond donors (Lipinski definition) is 0. The minimum atomic E-state index is -0.0855. The van der Waals surface area contributed by atoms with Gasteiger partial charge in [0.1, 0.15) is 12.1 Å². The summed E-state index contributed by atoms with van der Waals surface area (Å²) in [7, 11) is 0. The average Bonchev–Trinajstić information content (AvgIpc) is 3.28. The summed E-state index contributed by atoms with van der Waals surface area (Å²) >= 11 is 12.3. The van der Waals surface area contributed by atoms with Gasteiger partial charge in [0.25, 0.3) is 11.7 Å². The Hall–Kier alpha value is -3.16. The van der Waals surface area contributed by atoms with Gasteiger partial charge in [-0.3, -0.25) is 4.79 Å². The summed E-state index contributed by atoms with van der Waals surface area (Å²) in [6.45, 7) is 4.48. The summed E-state index contributed by atoms with van der Waals surface area (Å²) < 4.78 is 1.80. The molecule has 1 amide bonds. The van der Waals surface area contributed by atoms with Gasteiger partial charge in [-0.05, 0) is 30.7 Å². The van der Waals surface area contributed by atoms with Crippen LogP contribution in [0.15, 0.2) is 54.9 Å². The van der Waals surface area contributed by atoms with Crippen molar-refractivity contribution in [3.05, 3.63) is 87.3 Å². The number of fused-ring (bicyclic) bond motifs is 1. The molecule has 33 heavy (non-hydrogen) atoms. The Morgan fingerprint density at radius 3 is 2.52 bits per heavy atom. The molecule has 1 saturated heterocycles. The monoisotopic (exact) mass is 480 g/mol. The van der Waals surface area contributed by atoms with Gasteiger partial charge < -0.3 is 9.80 Å². The first-order valence-corrected chi connectivity index (χ1v) is 11.5. The fourth-order valence-corrected chi connectivity index (χ4v) is 4.74. The highest BCUT2D eigenvalue weighted by molar-refractivity contribution is 6.36. The second-order valence-corrected chi connectivity index (χ2v) is 8.88. The van der Waals surface area contributed by atoms with Crippen molar-refractivity contribution in [2.75, 3.05) is 31.1 Å². The quantitative estimate of drug-likeness (QED) is 0.435. The lowest BCUT2D eigenvalue weighted by molar-refractivity contribution is 0.0746. The van der Waals surface area contributed by atoms with E-state index in [0.29, 0.717) is 47.6 Å². The number of aromatic nitrogens is 4. The highest BCUT2D eigenvalue weighted by Gasteiger charge is 2.27. The molecule has 1 aliphatic rings. The van der Waals surface area contributed by atoms with Gasteiger partial charge in [0, 0.05) is 48.9 Å². The van der Waals surface area contributed by atoms with Gasteiger partial charge in [0.05, 0.1) is 10.6 Å². The molecule has 0 atom stereocenters. The van der Waals surface area contributed by atoms with Gasteiger partial charge in [-0.2, -0.15) is 14.6 Å². The zero-order valence-corrected chi connectivity index (χ0v) is 19.6. The van der Waals surface area contributed by atoms with E-state index in [4.69, 9.17) is 23.2 Å². The Balaban J connectivity index is 1.43. The van der Waals surface area contributed by atoms with E-state index in [2.05, 4.69) is 32.1 Å². The zero-order valence-electron chi connectivity index (χ0n) is 18.1. The van der Waals surface area contributed by atoms with E-state index in [1.165, 1.54) is 11.9 Å². The maximum Gasteiger partial charge on any atom is 0.255 e.